The Morgan fingerprint density at radius 3 is 2.29 bits per heavy atom. The summed E-state index contributed by atoms with van der Waals surface area (Å²) in [7, 11) is -2.42. The summed E-state index contributed by atoms with van der Waals surface area (Å²) in [6.45, 7) is 3.79. The lowest BCUT2D eigenvalue weighted by Gasteiger charge is -2.12. The van der Waals surface area contributed by atoms with Gasteiger partial charge in [-0.15, -0.1) is 12.4 Å². The van der Waals surface area contributed by atoms with E-state index >= 15 is 0 Å². The molecule has 2 aromatic rings. The van der Waals surface area contributed by atoms with Crippen LogP contribution in [0.3, 0.4) is 0 Å². The number of carbonyl (C=O) groups excluding carboxylic acids is 1. The number of nitrogens with one attached hydrogen (secondary N) is 2. The Kier molecular flexibility index (Phi) is 8.39. The Morgan fingerprint density at radius 2 is 1.71 bits per heavy atom. The number of hydrogen-bond acceptors (Lipinski definition) is 6. The third-order valence-electron chi connectivity index (χ3n) is 3.36. The van der Waals surface area contributed by atoms with E-state index in [0.29, 0.717) is 22.9 Å². The van der Waals surface area contributed by atoms with Gasteiger partial charge in [0.05, 0.1) is 24.6 Å². The van der Waals surface area contributed by atoms with Crippen molar-refractivity contribution in [1.29, 1.82) is 0 Å². The molecule has 0 aromatic heterocycles. The van der Waals surface area contributed by atoms with Crippen LogP contribution in [0.25, 0.3) is 0 Å². The molecule has 0 spiro atoms. The molecule has 0 saturated carbocycles. The molecule has 0 saturated heterocycles. The van der Waals surface area contributed by atoms with Crippen molar-refractivity contribution in [3.63, 3.8) is 0 Å². The molecule has 2 rings (SSSR count). The molecular weight excluding hydrogens is 406 g/mol. The average Bonchev–Trinajstić information content (AvgIpc) is 2.57. The first-order valence-corrected chi connectivity index (χ1v) is 9.84. The molecule has 1 amide bonds. The minimum absolute atomic E-state index is 0. The maximum atomic E-state index is 12.2. The lowest BCUT2D eigenvalue weighted by atomic mass is 10.2. The maximum absolute atomic E-state index is 12.2. The molecule has 0 aliphatic carbocycles. The van der Waals surface area contributed by atoms with Gasteiger partial charge in [0.25, 0.3) is 0 Å². The van der Waals surface area contributed by atoms with E-state index in [1.54, 1.807) is 36.4 Å². The molecule has 28 heavy (non-hydrogen) atoms. The SMILES string of the molecule is COc1ccc(N)c(NC(=O)CS(=O)(=O)Nc2ccc(OC(C)C)cc2)c1.Cl. The second-order valence-electron chi connectivity index (χ2n) is 6.05. The van der Waals surface area contributed by atoms with Crippen LogP contribution in [-0.4, -0.2) is 33.3 Å². The summed E-state index contributed by atoms with van der Waals surface area (Å²) in [6, 6.07) is 11.1. The summed E-state index contributed by atoms with van der Waals surface area (Å²) in [5.74, 6) is -0.362. The Bertz CT molecular complexity index is 902. The number of halogens is 1. The highest BCUT2D eigenvalue weighted by Crippen LogP contribution is 2.24. The molecule has 0 bridgehead atoms. The van der Waals surface area contributed by atoms with Gasteiger partial charge in [0.15, 0.2) is 0 Å². The molecule has 10 heteroatoms. The van der Waals surface area contributed by atoms with Crippen molar-refractivity contribution >= 4 is 45.4 Å². The second-order valence-corrected chi connectivity index (χ2v) is 7.78. The van der Waals surface area contributed by atoms with Crippen molar-refractivity contribution < 1.29 is 22.7 Å². The number of amides is 1. The second kappa shape index (κ2) is 10.0. The van der Waals surface area contributed by atoms with Crippen LogP contribution in [0.2, 0.25) is 0 Å². The average molecular weight is 430 g/mol. The minimum Gasteiger partial charge on any atom is -0.497 e. The summed E-state index contributed by atoms with van der Waals surface area (Å²) < 4.78 is 37.3. The Morgan fingerprint density at radius 1 is 1.11 bits per heavy atom. The van der Waals surface area contributed by atoms with Crippen LogP contribution in [-0.2, 0) is 14.8 Å². The molecule has 2 aromatic carbocycles. The molecule has 0 aliphatic rings. The van der Waals surface area contributed by atoms with Gasteiger partial charge < -0.3 is 20.5 Å². The zero-order valence-electron chi connectivity index (χ0n) is 15.8. The van der Waals surface area contributed by atoms with Gasteiger partial charge in [0.2, 0.25) is 15.9 Å². The number of ether oxygens (including phenoxy) is 2. The number of benzene rings is 2. The molecule has 0 unspecified atom stereocenters. The molecule has 0 radical (unpaired) electrons. The number of nitrogens with two attached hydrogens (primary N) is 1. The monoisotopic (exact) mass is 429 g/mol. The van der Waals surface area contributed by atoms with Gasteiger partial charge in [-0.3, -0.25) is 9.52 Å². The quantitative estimate of drug-likeness (QED) is 0.555. The number of carbonyl (C=O) groups is 1. The van der Waals surface area contributed by atoms with Crippen LogP contribution >= 0.6 is 12.4 Å². The molecule has 0 atom stereocenters. The van der Waals surface area contributed by atoms with E-state index in [0.717, 1.165) is 0 Å². The van der Waals surface area contributed by atoms with Gasteiger partial charge in [-0.25, -0.2) is 8.42 Å². The first kappa shape index (κ1) is 23.4. The Hall–Kier alpha value is -2.65. The van der Waals surface area contributed by atoms with Crippen LogP contribution in [0.1, 0.15) is 13.8 Å². The maximum Gasteiger partial charge on any atom is 0.241 e. The molecule has 154 valence electrons. The van der Waals surface area contributed by atoms with E-state index in [1.165, 1.54) is 13.2 Å². The van der Waals surface area contributed by atoms with E-state index in [4.69, 9.17) is 15.2 Å². The largest absolute Gasteiger partial charge is 0.497 e. The van der Waals surface area contributed by atoms with Crippen LogP contribution in [0, 0.1) is 0 Å². The van der Waals surface area contributed by atoms with Gasteiger partial charge >= 0.3 is 0 Å². The lowest BCUT2D eigenvalue weighted by molar-refractivity contribution is -0.113. The molecule has 4 N–H and O–H groups in total. The van der Waals surface area contributed by atoms with Crippen LogP contribution in [0.5, 0.6) is 11.5 Å². The highest BCUT2D eigenvalue weighted by atomic mass is 35.5. The summed E-state index contributed by atoms with van der Waals surface area (Å²) in [5.41, 5.74) is 6.70. The molecule has 8 nitrogen and oxygen atoms in total. The molecular formula is C18H24ClN3O5S. The molecule has 0 fully saturated rings. The summed E-state index contributed by atoms with van der Waals surface area (Å²) in [4.78, 5) is 12.1. The van der Waals surface area contributed by atoms with E-state index in [-0.39, 0.29) is 24.2 Å². The molecule has 0 heterocycles. The van der Waals surface area contributed by atoms with Crippen molar-refractivity contribution in [3.05, 3.63) is 42.5 Å². The fourth-order valence-electron chi connectivity index (χ4n) is 2.22. The standard InChI is InChI=1S/C18H23N3O5S.ClH/c1-12(2)26-14-6-4-13(5-7-14)21-27(23,24)11-18(22)20-17-10-15(25-3)8-9-16(17)19;/h4-10,12,21H,11,19H2,1-3H3,(H,20,22);1H. The van der Waals surface area contributed by atoms with Gasteiger partial charge in [-0.2, -0.15) is 0 Å². The van der Waals surface area contributed by atoms with Gasteiger partial charge in [0.1, 0.15) is 17.3 Å². The lowest BCUT2D eigenvalue weighted by Crippen LogP contribution is -2.27. The zero-order chi connectivity index (χ0) is 20.0. The smallest absolute Gasteiger partial charge is 0.241 e. The van der Waals surface area contributed by atoms with Crippen molar-refractivity contribution in [3.8, 4) is 11.5 Å². The van der Waals surface area contributed by atoms with Crippen LogP contribution in [0.15, 0.2) is 42.5 Å². The zero-order valence-corrected chi connectivity index (χ0v) is 17.4. The summed E-state index contributed by atoms with van der Waals surface area (Å²) in [6.07, 6.45) is 0.0142. The van der Waals surface area contributed by atoms with E-state index < -0.39 is 21.7 Å². The first-order valence-electron chi connectivity index (χ1n) is 8.19. The highest BCUT2D eigenvalue weighted by Gasteiger charge is 2.18. The predicted molar refractivity (Wildman–Crippen MR) is 113 cm³/mol. The highest BCUT2D eigenvalue weighted by molar-refractivity contribution is 7.93. The third-order valence-corrected chi connectivity index (χ3v) is 4.54. The Labute approximate surface area is 170 Å². The predicted octanol–water partition coefficient (Wildman–Crippen LogP) is 2.87. The van der Waals surface area contributed by atoms with Crippen LogP contribution in [0.4, 0.5) is 17.1 Å². The molecule has 0 aliphatic heterocycles. The number of anilines is 3. The topological polar surface area (TPSA) is 120 Å². The van der Waals surface area contributed by atoms with Crippen LogP contribution < -0.4 is 25.2 Å². The number of nitrogen functional groups attached to an aromatic ring is 1. The Balaban J connectivity index is 0.00000392. The summed E-state index contributed by atoms with van der Waals surface area (Å²) >= 11 is 0. The third kappa shape index (κ3) is 7.16. The van der Waals surface area contributed by atoms with Crippen molar-refractivity contribution in [2.45, 2.75) is 20.0 Å². The number of hydrogen-bond donors (Lipinski definition) is 3. The van der Waals surface area contributed by atoms with E-state index in [1.807, 2.05) is 13.8 Å². The normalized spacial score (nSPS) is 10.7. The number of methoxy groups -OCH3 is 1. The number of sulfonamides is 1. The van der Waals surface area contributed by atoms with E-state index in [9.17, 15) is 13.2 Å². The fourth-order valence-corrected chi connectivity index (χ4v) is 3.20. The van der Waals surface area contributed by atoms with Crippen molar-refractivity contribution in [1.82, 2.24) is 0 Å². The first-order chi connectivity index (χ1) is 12.7. The summed E-state index contributed by atoms with van der Waals surface area (Å²) in [5, 5.41) is 2.47. The van der Waals surface area contributed by atoms with E-state index in [2.05, 4.69) is 10.0 Å². The minimum atomic E-state index is -3.89. The van der Waals surface area contributed by atoms with Gasteiger partial charge in [-0.05, 0) is 50.2 Å². The van der Waals surface area contributed by atoms with Crippen molar-refractivity contribution in [2.24, 2.45) is 0 Å². The fraction of sp³-hybridized carbons (Fsp3) is 0.278. The number of rotatable bonds is 8. The van der Waals surface area contributed by atoms with Crippen molar-refractivity contribution in [2.75, 3.05) is 28.6 Å². The van der Waals surface area contributed by atoms with Gasteiger partial charge in [0, 0.05) is 11.8 Å². The van der Waals surface area contributed by atoms with Gasteiger partial charge in [-0.1, -0.05) is 0 Å².